The highest BCUT2D eigenvalue weighted by Crippen LogP contribution is 2.36. The lowest BCUT2D eigenvalue weighted by Gasteiger charge is -2.34. The van der Waals surface area contributed by atoms with Crippen LogP contribution in [0.1, 0.15) is 49.2 Å². The van der Waals surface area contributed by atoms with Crippen LogP contribution >= 0.6 is 0 Å². The molecule has 0 spiro atoms. The zero-order valence-electron chi connectivity index (χ0n) is 17.7. The molecule has 0 saturated heterocycles. The minimum Gasteiger partial charge on any atom is -0.384 e. The van der Waals surface area contributed by atoms with Gasteiger partial charge in [0.25, 0.3) is 5.91 Å². The standard InChI is InChI=1S/C19H25N9O2/c1-6-7-27-19(4,15(29)11(3)23-27)17-22-18(26(5)25-17)28-13-9-21-10(2)8-12(13)14(24-28)16(20)30/h8-9,15,29H,6-7H2,1-5H3,(H2,20,30). The number of nitrogens with two attached hydrogens (primary N) is 1. The van der Waals surface area contributed by atoms with Crippen molar-refractivity contribution in [2.45, 2.75) is 45.8 Å². The molecule has 1 aliphatic heterocycles. The number of rotatable bonds is 5. The van der Waals surface area contributed by atoms with E-state index in [1.807, 2.05) is 25.8 Å². The first kappa shape index (κ1) is 20.0. The molecular formula is C19H25N9O2. The van der Waals surface area contributed by atoms with Crippen LogP contribution in [0.25, 0.3) is 16.9 Å². The van der Waals surface area contributed by atoms with Crippen LogP contribution in [0.4, 0.5) is 0 Å². The third-order valence-electron chi connectivity index (χ3n) is 5.50. The molecule has 158 valence electrons. The summed E-state index contributed by atoms with van der Waals surface area (Å²) in [6, 6.07) is 1.76. The predicted molar refractivity (Wildman–Crippen MR) is 110 cm³/mol. The Labute approximate surface area is 173 Å². The van der Waals surface area contributed by atoms with Gasteiger partial charge in [-0.15, -0.1) is 0 Å². The van der Waals surface area contributed by atoms with Gasteiger partial charge in [-0.3, -0.25) is 14.8 Å². The van der Waals surface area contributed by atoms with Gasteiger partial charge in [0, 0.05) is 24.7 Å². The Kier molecular flexibility index (Phi) is 4.57. The van der Waals surface area contributed by atoms with E-state index in [9.17, 15) is 9.90 Å². The Morgan fingerprint density at radius 3 is 2.73 bits per heavy atom. The van der Waals surface area contributed by atoms with E-state index in [1.54, 1.807) is 30.9 Å². The van der Waals surface area contributed by atoms with Gasteiger partial charge in [0.15, 0.2) is 11.5 Å². The summed E-state index contributed by atoms with van der Waals surface area (Å²) in [5, 5.41) is 26.7. The molecule has 1 aliphatic rings. The van der Waals surface area contributed by atoms with Gasteiger partial charge in [-0.2, -0.15) is 25.0 Å². The quantitative estimate of drug-likeness (QED) is 0.627. The van der Waals surface area contributed by atoms with Gasteiger partial charge in [0.1, 0.15) is 11.6 Å². The highest BCUT2D eigenvalue weighted by Gasteiger charge is 2.50. The molecular weight excluding hydrogens is 386 g/mol. The molecule has 3 aromatic heterocycles. The number of primary amides is 1. The van der Waals surface area contributed by atoms with Crippen molar-refractivity contribution in [3.05, 3.63) is 29.5 Å². The maximum Gasteiger partial charge on any atom is 0.269 e. The Morgan fingerprint density at radius 1 is 1.33 bits per heavy atom. The predicted octanol–water partition coefficient (Wildman–Crippen LogP) is 0.634. The Balaban J connectivity index is 1.88. The molecule has 2 unspecified atom stereocenters. The molecule has 3 N–H and O–H groups in total. The summed E-state index contributed by atoms with van der Waals surface area (Å²) in [7, 11) is 1.73. The molecule has 0 fully saturated rings. The topological polar surface area (TPSA) is 140 Å². The highest BCUT2D eigenvalue weighted by atomic mass is 16.3. The fourth-order valence-electron chi connectivity index (χ4n) is 3.86. The van der Waals surface area contributed by atoms with Gasteiger partial charge in [-0.05, 0) is 33.3 Å². The van der Waals surface area contributed by atoms with Crippen molar-refractivity contribution in [1.29, 1.82) is 0 Å². The zero-order valence-corrected chi connectivity index (χ0v) is 17.7. The summed E-state index contributed by atoms with van der Waals surface area (Å²) in [5.41, 5.74) is 6.70. The number of aliphatic hydroxyl groups excluding tert-OH is 1. The van der Waals surface area contributed by atoms with E-state index in [-0.39, 0.29) is 5.69 Å². The molecule has 4 heterocycles. The van der Waals surface area contributed by atoms with Gasteiger partial charge in [-0.25, -0.2) is 4.68 Å². The second-order valence-electron chi connectivity index (χ2n) is 7.74. The van der Waals surface area contributed by atoms with Crippen LogP contribution in [-0.4, -0.2) is 63.9 Å². The average Bonchev–Trinajstić information content (AvgIpc) is 3.32. The Hall–Kier alpha value is -3.34. The highest BCUT2D eigenvalue weighted by molar-refractivity contribution is 6.04. The van der Waals surface area contributed by atoms with Gasteiger partial charge in [-0.1, -0.05) is 6.92 Å². The van der Waals surface area contributed by atoms with Crippen LogP contribution < -0.4 is 5.73 Å². The van der Waals surface area contributed by atoms with Crippen LogP contribution in [0.15, 0.2) is 17.4 Å². The second-order valence-corrected chi connectivity index (χ2v) is 7.74. The molecule has 0 aliphatic carbocycles. The summed E-state index contributed by atoms with van der Waals surface area (Å²) in [6.45, 7) is 8.18. The number of carbonyl (C=O) groups excluding carboxylic acids is 1. The lowest BCUT2D eigenvalue weighted by atomic mass is 9.91. The van der Waals surface area contributed by atoms with Crippen molar-refractivity contribution >= 4 is 22.5 Å². The number of aromatic nitrogens is 6. The van der Waals surface area contributed by atoms with E-state index < -0.39 is 17.6 Å². The molecule has 1 amide bonds. The van der Waals surface area contributed by atoms with Crippen LogP contribution in [0.3, 0.4) is 0 Å². The third kappa shape index (κ3) is 2.76. The minimum atomic E-state index is -0.916. The average molecular weight is 411 g/mol. The summed E-state index contributed by atoms with van der Waals surface area (Å²) >= 11 is 0. The molecule has 0 radical (unpaired) electrons. The minimum absolute atomic E-state index is 0.138. The van der Waals surface area contributed by atoms with Crippen LogP contribution in [0.2, 0.25) is 0 Å². The van der Waals surface area contributed by atoms with Gasteiger partial charge < -0.3 is 10.8 Å². The molecule has 0 bridgehead atoms. The summed E-state index contributed by atoms with van der Waals surface area (Å²) in [5.74, 6) is 0.150. The second kappa shape index (κ2) is 6.87. The number of nitrogens with zero attached hydrogens (tertiary/aromatic N) is 8. The summed E-state index contributed by atoms with van der Waals surface area (Å²) < 4.78 is 3.06. The van der Waals surface area contributed by atoms with Crippen molar-refractivity contribution < 1.29 is 9.90 Å². The summed E-state index contributed by atoms with van der Waals surface area (Å²) in [4.78, 5) is 21.0. The molecule has 0 saturated carbocycles. The monoisotopic (exact) mass is 411 g/mol. The van der Waals surface area contributed by atoms with Crippen LogP contribution in [0.5, 0.6) is 0 Å². The maximum absolute atomic E-state index is 11.9. The molecule has 0 aromatic carbocycles. The first-order valence-electron chi connectivity index (χ1n) is 9.76. The lowest BCUT2D eigenvalue weighted by Crippen LogP contribution is -2.47. The fraction of sp³-hybridized carbons (Fsp3) is 0.474. The zero-order chi connectivity index (χ0) is 21.8. The van der Waals surface area contributed by atoms with E-state index in [4.69, 9.17) is 10.7 Å². The number of amides is 1. The van der Waals surface area contributed by atoms with E-state index in [0.29, 0.717) is 34.9 Å². The van der Waals surface area contributed by atoms with E-state index in [1.165, 1.54) is 4.68 Å². The fourth-order valence-corrected chi connectivity index (χ4v) is 3.86. The van der Waals surface area contributed by atoms with Crippen molar-refractivity contribution in [3.63, 3.8) is 0 Å². The number of hydrogen-bond donors (Lipinski definition) is 2. The molecule has 3 aromatic rings. The van der Waals surface area contributed by atoms with Gasteiger partial charge in [0.2, 0.25) is 5.95 Å². The lowest BCUT2D eigenvalue weighted by molar-refractivity contribution is 0.0291. The largest absolute Gasteiger partial charge is 0.384 e. The maximum atomic E-state index is 11.9. The van der Waals surface area contributed by atoms with Crippen molar-refractivity contribution in [3.8, 4) is 5.95 Å². The number of aryl methyl sites for hydroxylation is 2. The van der Waals surface area contributed by atoms with E-state index >= 15 is 0 Å². The number of carbonyl (C=O) groups is 1. The van der Waals surface area contributed by atoms with Gasteiger partial charge >= 0.3 is 0 Å². The number of aliphatic hydroxyl groups is 1. The molecule has 2 atom stereocenters. The normalized spacial score (nSPS) is 21.5. The molecule has 4 rings (SSSR count). The number of hydrogen-bond acceptors (Lipinski definition) is 8. The van der Waals surface area contributed by atoms with E-state index in [0.717, 1.165) is 12.1 Å². The van der Waals surface area contributed by atoms with Crippen molar-refractivity contribution in [2.75, 3.05) is 6.54 Å². The van der Waals surface area contributed by atoms with Gasteiger partial charge in [0.05, 0.1) is 17.4 Å². The smallest absolute Gasteiger partial charge is 0.269 e. The Morgan fingerprint density at radius 2 is 2.07 bits per heavy atom. The van der Waals surface area contributed by atoms with Crippen LogP contribution in [-0.2, 0) is 12.6 Å². The first-order valence-corrected chi connectivity index (χ1v) is 9.76. The SMILES string of the molecule is CCCN1N=C(C)C(O)C1(C)c1nc(-n2nc(C(N)=O)c3cc(C)ncc32)n(C)n1. The summed E-state index contributed by atoms with van der Waals surface area (Å²) in [6.07, 6.45) is 1.63. The molecule has 11 nitrogen and oxygen atoms in total. The number of hydrazone groups is 1. The number of pyridine rings is 1. The Bertz CT molecular complexity index is 1180. The molecule has 11 heteroatoms. The van der Waals surface area contributed by atoms with E-state index in [2.05, 4.69) is 20.3 Å². The molecule has 30 heavy (non-hydrogen) atoms. The van der Waals surface area contributed by atoms with Crippen molar-refractivity contribution in [1.82, 2.24) is 34.5 Å². The third-order valence-corrected chi connectivity index (χ3v) is 5.50. The number of fused-ring (bicyclic) bond motifs is 1. The van der Waals surface area contributed by atoms with Crippen LogP contribution in [0, 0.1) is 6.92 Å². The first-order chi connectivity index (χ1) is 14.2. The van der Waals surface area contributed by atoms with Crippen molar-refractivity contribution in [2.24, 2.45) is 17.9 Å².